The molecule has 1 saturated heterocycles. The fourth-order valence-corrected chi connectivity index (χ4v) is 3.08. The molecule has 2 aromatic rings. The zero-order valence-corrected chi connectivity index (χ0v) is 14.3. The van der Waals surface area contributed by atoms with Crippen LogP contribution in [0.3, 0.4) is 0 Å². The van der Waals surface area contributed by atoms with Gasteiger partial charge in [0.1, 0.15) is 12.4 Å². The van der Waals surface area contributed by atoms with Crippen LogP contribution in [0.4, 0.5) is 4.79 Å². The second-order valence-electron chi connectivity index (χ2n) is 5.55. The first-order valence-corrected chi connectivity index (χ1v) is 8.35. The van der Waals surface area contributed by atoms with Crippen molar-refractivity contribution in [3.8, 4) is 5.75 Å². The van der Waals surface area contributed by atoms with E-state index >= 15 is 0 Å². The van der Waals surface area contributed by atoms with Crippen molar-refractivity contribution in [2.45, 2.75) is 13.5 Å². The van der Waals surface area contributed by atoms with Crippen LogP contribution in [0.25, 0.3) is 6.08 Å². The number of carbonyl (C=O) groups excluding carboxylic acids is 2. The van der Waals surface area contributed by atoms with E-state index in [0.29, 0.717) is 17.3 Å². The highest BCUT2D eigenvalue weighted by molar-refractivity contribution is 8.18. The summed E-state index contributed by atoms with van der Waals surface area (Å²) in [7, 11) is 1.48. The molecule has 122 valence electrons. The quantitative estimate of drug-likeness (QED) is 0.782. The summed E-state index contributed by atoms with van der Waals surface area (Å²) in [5, 5.41) is -0.260. The lowest BCUT2D eigenvalue weighted by molar-refractivity contribution is -0.121. The van der Waals surface area contributed by atoms with E-state index in [-0.39, 0.29) is 11.1 Å². The van der Waals surface area contributed by atoms with Crippen molar-refractivity contribution in [3.05, 3.63) is 70.1 Å². The molecule has 24 heavy (non-hydrogen) atoms. The van der Waals surface area contributed by atoms with E-state index in [4.69, 9.17) is 4.74 Å². The van der Waals surface area contributed by atoms with Crippen LogP contribution in [-0.2, 0) is 11.4 Å². The molecule has 0 bridgehead atoms. The Morgan fingerprint density at radius 3 is 2.46 bits per heavy atom. The van der Waals surface area contributed by atoms with E-state index in [1.165, 1.54) is 12.6 Å². The predicted molar refractivity (Wildman–Crippen MR) is 95.7 cm³/mol. The molecule has 1 fully saturated rings. The maximum Gasteiger partial charge on any atom is 0.293 e. The third-order valence-electron chi connectivity index (χ3n) is 3.71. The molecule has 0 unspecified atom stereocenters. The minimum atomic E-state index is -0.279. The van der Waals surface area contributed by atoms with Crippen LogP contribution in [0.15, 0.2) is 53.4 Å². The largest absolute Gasteiger partial charge is 0.488 e. The molecule has 0 radical (unpaired) electrons. The Balaban J connectivity index is 1.79. The first kappa shape index (κ1) is 16.3. The van der Waals surface area contributed by atoms with Gasteiger partial charge < -0.3 is 4.74 Å². The lowest BCUT2D eigenvalue weighted by Crippen LogP contribution is -2.22. The SMILES string of the molecule is Cc1ccc(COc2ccccc2/C=C2\SC(=O)N(C)C2=O)cc1. The Hall–Kier alpha value is -2.53. The van der Waals surface area contributed by atoms with Crippen molar-refractivity contribution in [1.29, 1.82) is 0 Å². The van der Waals surface area contributed by atoms with E-state index in [2.05, 4.69) is 0 Å². The second-order valence-corrected chi connectivity index (χ2v) is 6.55. The monoisotopic (exact) mass is 339 g/mol. The fourth-order valence-electron chi connectivity index (χ4n) is 2.26. The standard InChI is InChI=1S/C19H17NO3S/c1-13-7-9-14(10-8-13)12-23-16-6-4-3-5-15(16)11-17-18(21)20(2)19(22)24-17/h3-11H,12H2,1-2H3/b17-11-. The number of benzene rings is 2. The number of hydrogen-bond acceptors (Lipinski definition) is 4. The van der Waals surface area contributed by atoms with Gasteiger partial charge in [-0.15, -0.1) is 0 Å². The number of nitrogens with zero attached hydrogens (tertiary/aromatic N) is 1. The van der Waals surface area contributed by atoms with Crippen LogP contribution < -0.4 is 4.74 Å². The lowest BCUT2D eigenvalue weighted by Gasteiger charge is -2.10. The van der Waals surface area contributed by atoms with E-state index in [0.717, 1.165) is 27.8 Å². The lowest BCUT2D eigenvalue weighted by atomic mass is 10.1. The molecule has 0 aromatic heterocycles. The van der Waals surface area contributed by atoms with Crippen LogP contribution in [0.2, 0.25) is 0 Å². The first-order chi connectivity index (χ1) is 11.5. The molecule has 4 nitrogen and oxygen atoms in total. The van der Waals surface area contributed by atoms with Gasteiger partial charge in [-0.2, -0.15) is 0 Å². The number of amides is 2. The van der Waals surface area contributed by atoms with Crippen LogP contribution in [0.5, 0.6) is 5.75 Å². The van der Waals surface area contributed by atoms with Crippen molar-refractivity contribution >= 4 is 29.0 Å². The number of likely N-dealkylation sites (N-methyl/N-ethyl adjacent to an activating group) is 1. The number of thioether (sulfide) groups is 1. The van der Waals surface area contributed by atoms with Crippen molar-refractivity contribution in [1.82, 2.24) is 4.90 Å². The Labute approximate surface area is 145 Å². The van der Waals surface area contributed by atoms with Crippen LogP contribution in [0, 0.1) is 6.92 Å². The zero-order valence-electron chi connectivity index (χ0n) is 13.5. The summed E-state index contributed by atoms with van der Waals surface area (Å²) in [5.41, 5.74) is 3.06. The molecule has 0 atom stereocenters. The Morgan fingerprint density at radius 2 is 1.79 bits per heavy atom. The fraction of sp³-hybridized carbons (Fsp3) is 0.158. The molecular formula is C19H17NO3S. The Kier molecular flexibility index (Phi) is 4.71. The molecule has 2 aromatic carbocycles. The number of carbonyl (C=O) groups is 2. The summed E-state index contributed by atoms with van der Waals surface area (Å²) in [6.45, 7) is 2.49. The molecule has 1 aliphatic rings. The number of aryl methyl sites for hydroxylation is 1. The molecule has 1 heterocycles. The summed E-state index contributed by atoms with van der Waals surface area (Å²) < 4.78 is 5.90. The summed E-state index contributed by atoms with van der Waals surface area (Å²) in [6, 6.07) is 15.6. The highest BCUT2D eigenvalue weighted by Crippen LogP contribution is 2.33. The first-order valence-electron chi connectivity index (χ1n) is 7.53. The van der Waals surface area contributed by atoms with Crippen LogP contribution in [-0.4, -0.2) is 23.1 Å². The molecular weight excluding hydrogens is 322 g/mol. The molecule has 0 N–H and O–H groups in total. The Bertz CT molecular complexity index is 812. The van der Waals surface area contributed by atoms with Crippen molar-refractivity contribution in [3.63, 3.8) is 0 Å². The topological polar surface area (TPSA) is 46.6 Å². The van der Waals surface area contributed by atoms with Crippen molar-refractivity contribution < 1.29 is 14.3 Å². The number of ether oxygens (including phenoxy) is 1. The van der Waals surface area contributed by atoms with Gasteiger partial charge in [0.15, 0.2) is 0 Å². The molecule has 0 aliphatic carbocycles. The van der Waals surface area contributed by atoms with Gasteiger partial charge in [-0.05, 0) is 36.4 Å². The highest BCUT2D eigenvalue weighted by atomic mass is 32.2. The predicted octanol–water partition coefficient (Wildman–Crippen LogP) is 4.24. The van der Waals surface area contributed by atoms with E-state index in [1.807, 2.05) is 55.5 Å². The summed E-state index contributed by atoms with van der Waals surface area (Å²) in [5.74, 6) is 0.402. The maximum absolute atomic E-state index is 12.0. The van der Waals surface area contributed by atoms with Crippen molar-refractivity contribution in [2.24, 2.45) is 0 Å². The zero-order chi connectivity index (χ0) is 17.1. The minimum Gasteiger partial charge on any atom is -0.488 e. The van der Waals surface area contributed by atoms with Gasteiger partial charge in [0.05, 0.1) is 4.91 Å². The average molecular weight is 339 g/mol. The normalized spacial score (nSPS) is 16.1. The average Bonchev–Trinajstić information content (AvgIpc) is 2.82. The number of para-hydroxylation sites is 1. The highest BCUT2D eigenvalue weighted by Gasteiger charge is 2.31. The third kappa shape index (κ3) is 3.51. The van der Waals surface area contributed by atoms with Gasteiger partial charge >= 0.3 is 0 Å². The molecule has 3 rings (SSSR count). The molecule has 5 heteroatoms. The molecule has 1 aliphatic heterocycles. The van der Waals surface area contributed by atoms with Crippen LogP contribution in [0.1, 0.15) is 16.7 Å². The van der Waals surface area contributed by atoms with E-state index < -0.39 is 0 Å². The number of hydrogen-bond donors (Lipinski definition) is 0. The Morgan fingerprint density at radius 1 is 1.08 bits per heavy atom. The van der Waals surface area contributed by atoms with Gasteiger partial charge in [-0.1, -0.05) is 48.0 Å². The molecule has 0 spiro atoms. The summed E-state index contributed by atoms with van der Waals surface area (Å²) in [4.78, 5) is 25.2. The van der Waals surface area contributed by atoms with E-state index in [1.54, 1.807) is 6.08 Å². The van der Waals surface area contributed by atoms with Gasteiger partial charge in [0, 0.05) is 12.6 Å². The van der Waals surface area contributed by atoms with Gasteiger partial charge in [-0.25, -0.2) is 0 Å². The minimum absolute atomic E-state index is 0.260. The third-order valence-corrected chi connectivity index (χ3v) is 4.67. The van der Waals surface area contributed by atoms with E-state index in [9.17, 15) is 9.59 Å². The summed E-state index contributed by atoms with van der Waals surface area (Å²) >= 11 is 0.944. The number of rotatable bonds is 4. The van der Waals surface area contributed by atoms with Gasteiger partial charge in [-0.3, -0.25) is 14.5 Å². The van der Waals surface area contributed by atoms with Gasteiger partial charge in [0.25, 0.3) is 11.1 Å². The second kappa shape index (κ2) is 6.93. The maximum atomic E-state index is 12.0. The smallest absolute Gasteiger partial charge is 0.293 e. The van der Waals surface area contributed by atoms with Crippen molar-refractivity contribution in [2.75, 3.05) is 7.05 Å². The number of imide groups is 1. The summed E-state index contributed by atoms with van der Waals surface area (Å²) in [6.07, 6.45) is 1.71. The van der Waals surface area contributed by atoms with Gasteiger partial charge in [0.2, 0.25) is 0 Å². The molecule has 2 amide bonds. The van der Waals surface area contributed by atoms with Crippen LogP contribution >= 0.6 is 11.8 Å². The molecule has 0 saturated carbocycles.